The Labute approximate surface area is 195 Å². The molecule has 2 aromatic carbocycles. The molecule has 8 nitrogen and oxygen atoms in total. The predicted octanol–water partition coefficient (Wildman–Crippen LogP) is 3.78. The molecule has 0 spiro atoms. The van der Waals surface area contributed by atoms with Crippen LogP contribution in [0.25, 0.3) is 0 Å². The summed E-state index contributed by atoms with van der Waals surface area (Å²) in [5.74, 6) is -0.758. The monoisotopic (exact) mass is 461 g/mol. The fraction of sp³-hybridized carbons (Fsp3) is 0.292. The molecule has 2 aliphatic rings. The van der Waals surface area contributed by atoms with Crippen LogP contribution < -0.4 is 10.2 Å². The van der Waals surface area contributed by atoms with Gasteiger partial charge in [0, 0.05) is 25.3 Å². The Morgan fingerprint density at radius 1 is 1.09 bits per heavy atom. The van der Waals surface area contributed by atoms with Crippen molar-refractivity contribution in [2.75, 3.05) is 10.2 Å². The van der Waals surface area contributed by atoms with Crippen molar-refractivity contribution in [3.05, 3.63) is 70.7 Å². The molecule has 0 radical (unpaired) electrons. The number of benzene rings is 2. The second-order valence-corrected chi connectivity index (χ2v) is 9.50. The first kappa shape index (κ1) is 21.3. The van der Waals surface area contributed by atoms with Crippen LogP contribution in [0.3, 0.4) is 0 Å². The average molecular weight is 462 g/mol. The number of para-hydroxylation sites is 1. The van der Waals surface area contributed by atoms with E-state index in [1.165, 1.54) is 21.1 Å². The van der Waals surface area contributed by atoms with Gasteiger partial charge in [0.25, 0.3) is 11.8 Å². The molecule has 0 aliphatic carbocycles. The van der Waals surface area contributed by atoms with Crippen LogP contribution in [-0.4, -0.2) is 38.5 Å². The largest absolute Gasteiger partial charge is 0.302 e. The molecule has 3 aromatic rings. The third-order valence-electron chi connectivity index (χ3n) is 6.08. The lowest BCUT2D eigenvalue weighted by Crippen LogP contribution is -2.69. The maximum atomic E-state index is 13.9. The zero-order valence-corrected chi connectivity index (χ0v) is 19.1. The second-order valence-electron chi connectivity index (χ2n) is 8.49. The summed E-state index contributed by atoms with van der Waals surface area (Å²) in [4.78, 5) is 43.7. The minimum Gasteiger partial charge on any atom is -0.302 e. The highest BCUT2D eigenvalue weighted by Crippen LogP contribution is 2.45. The van der Waals surface area contributed by atoms with Crippen molar-refractivity contribution in [3.8, 4) is 0 Å². The summed E-state index contributed by atoms with van der Waals surface area (Å²) < 4.78 is 0. The maximum absolute atomic E-state index is 13.9. The van der Waals surface area contributed by atoms with Crippen molar-refractivity contribution in [2.24, 2.45) is 0 Å². The lowest BCUT2D eigenvalue weighted by molar-refractivity contribution is -0.129. The van der Waals surface area contributed by atoms with Gasteiger partial charge in [-0.2, -0.15) is 0 Å². The average Bonchev–Trinajstić information content (AvgIpc) is 3.43. The van der Waals surface area contributed by atoms with Crippen molar-refractivity contribution >= 4 is 39.9 Å². The minimum absolute atomic E-state index is 0.160. The van der Waals surface area contributed by atoms with Crippen LogP contribution in [0.5, 0.6) is 0 Å². The van der Waals surface area contributed by atoms with Crippen molar-refractivity contribution in [1.82, 2.24) is 15.1 Å². The second kappa shape index (κ2) is 8.08. The smallest absolute Gasteiger partial charge is 0.273 e. The van der Waals surface area contributed by atoms with Crippen LogP contribution in [0.4, 0.5) is 10.8 Å². The number of rotatable bonds is 5. The molecule has 1 saturated heterocycles. The molecule has 3 heterocycles. The van der Waals surface area contributed by atoms with Crippen molar-refractivity contribution < 1.29 is 14.4 Å². The fourth-order valence-corrected chi connectivity index (χ4v) is 5.23. The predicted molar refractivity (Wildman–Crippen MR) is 125 cm³/mol. The summed E-state index contributed by atoms with van der Waals surface area (Å²) in [6.07, 6.45) is 0.355. The maximum Gasteiger partial charge on any atom is 0.273 e. The summed E-state index contributed by atoms with van der Waals surface area (Å²) in [6, 6.07) is 16.4. The van der Waals surface area contributed by atoms with Gasteiger partial charge in [-0.05, 0) is 17.7 Å². The Kier molecular flexibility index (Phi) is 5.20. The summed E-state index contributed by atoms with van der Waals surface area (Å²) in [6.45, 7) is 4.19. The molecule has 1 atom stereocenters. The van der Waals surface area contributed by atoms with E-state index in [1.807, 2.05) is 44.2 Å². The lowest BCUT2D eigenvalue weighted by atomic mass is 9.94. The summed E-state index contributed by atoms with van der Waals surface area (Å²) in [7, 11) is 0. The van der Waals surface area contributed by atoms with Crippen LogP contribution in [0.2, 0.25) is 0 Å². The van der Waals surface area contributed by atoms with Crippen LogP contribution in [0, 0.1) is 0 Å². The van der Waals surface area contributed by atoms with Gasteiger partial charge in [0.1, 0.15) is 5.01 Å². The Balaban J connectivity index is 1.61. The molecule has 5 rings (SSSR count). The van der Waals surface area contributed by atoms with Crippen LogP contribution in [0.1, 0.15) is 53.5 Å². The van der Waals surface area contributed by atoms with E-state index in [-0.39, 0.29) is 37.1 Å². The van der Waals surface area contributed by atoms with Gasteiger partial charge in [-0.1, -0.05) is 67.6 Å². The third-order valence-corrected chi connectivity index (χ3v) is 7.22. The normalized spacial score (nSPS) is 19.6. The number of carbonyl (C=O) groups excluding carboxylic acids is 3. The number of hydrogen-bond acceptors (Lipinski definition) is 6. The van der Waals surface area contributed by atoms with Gasteiger partial charge < -0.3 is 4.90 Å². The Bertz CT molecular complexity index is 1240. The molecule has 168 valence electrons. The van der Waals surface area contributed by atoms with E-state index in [1.54, 1.807) is 24.3 Å². The highest BCUT2D eigenvalue weighted by molar-refractivity contribution is 7.15. The van der Waals surface area contributed by atoms with E-state index in [2.05, 4.69) is 15.5 Å². The molecule has 0 saturated carbocycles. The van der Waals surface area contributed by atoms with Crippen LogP contribution in [0.15, 0.2) is 54.6 Å². The number of anilines is 2. The number of hydrogen-bond donors (Lipinski definition) is 1. The van der Waals surface area contributed by atoms with Gasteiger partial charge >= 0.3 is 0 Å². The number of nitrogens with zero attached hydrogens (tertiary/aromatic N) is 4. The summed E-state index contributed by atoms with van der Waals surface area (Å²) in [5, 5.41) is 12.3. The van der Waals surface area contributed by atoms with Gasteiger partial charge in [-0.15, -0.1) is 10.2 Å². The Morgan fingerprint density at radius 2 is 1.82 bits per heavy atom. The molecule has 9 heteroatoms. The molecular formula is C24H23N5O3S. The number of amides is 3. The molecule has 1 fully saturated rings. The van der Waals surface area contributed by atoms with E-state index >= 15 is 0 Å². The van der Waals surface area contributed by atoms with Gasteiger partial charge in [0.15, 0.2) is 0 Å². The number of aromatic nitrogens is 2. The highest BCUT2D eigenvalue weighted by atomic mass is 32.1. The molecular weight excluding hydrogens is 438 g/mol. The number of carbonyl (C=O) groups is 3. The Hall–Kier alpha value is -3.59. The first-order valence-corrected chi connectivity index (χ1v) is 11.7. The van der Waals surface area contributed by atoms with E-state index in [0.717, 1.165) is 10.6 Å². The number of fused-ring (bicyclic) bond motifs is 3. The standard InChI is InChI=1S/C24H23N5O3S/c1-15(2)20-26-27-23(33-20)25-22(32)24-13-12-19(30)29(24)18-11-7-6-10-17(18)21(31)28(24)14-16-8-4-3-5-9-16/h3-11,15H,12-14H2,1-2H3,(H,25,27,32). The van der Waals surface area contributed by atoms with Gasteiger partial charge in [-0.25, -0.2) is 0 Å². The van der Waals surface area contributed by atoms with E-state index in [9.17, 15) is 14.4 Å². The van der Waals surface area contributed by atoms with Gasteiger partial charge in [0.2, 0.25) is 16.7 Å². The van der Waals surface area contributed by atoms with Gasteiger partial charge in [0.05, 0.1) is 11.3 Å². The van der Waals surface area contributed by atoms with Crippen LogP contribution in [-0.2, 0) is 16.1 Å². The number of nitrogens with one attached hydrogen (secondary N) is 1. The fourth-order valence-electron chi connectivity index (χ4n) is 4.49. The minimum atomic E-state index is -1.48. The SMILES string of the molecule is CC(C)c1nnc(NC(=O)C23CCC(=O)N2c2ccccc2C(=O)N3Cc2ccccc2)s1. The molecule has 2 aliphatic heterocycles. The Morgan fingerprint density at radius 3 is 2.55 bits per heavy atom. The van der Waals surface area contributed by atoms with E-state index < -0.39 is 11.6 Å². The first-order chi connectivity index (χ1) is 15.9. The summed E-state index contributed by atoms with van der Waals surface area (Å²) >= 11 is 1.30. The van der Waals surface area contributed by atoms with E-state index in [0.29, 0.717) is 16.4 Å². The van der Waals surface area contributed by atoms with E-state index in [4.69, 9.17) is 0 Å². The molecule has 1 unspecified atom stereocenters. The first-order valence-electron chi connectivity index (χ1n) is 10.8. The zero-order valence-electron chi connectivity index (χ0n) is 18.3. The molecule has 1 N–H and O–H groups in total. The lowest BCUT2D eigenvalue weighted by Gasteiger charge is -2.49. The zero-order chi connectivity index (χ0) is 23.2. The van der Waals surface area contributed by atoms with Crippen LogP contribution >= 0.6 is 11.3 Å². The topological polar surface area (TPSA) is 95.5 Å². The van der Waals surface area contributed by atoms with Gasteiger partial charge in [-0.3, -0.25) is 24.6 Å². The quantitative estimate of drug-likeness (QED) is 0.624. The molecule has 0 bridgehead atoms. The molecule has 33 heavy (non-hydrogen) atoms. The van der Waals surface area contributed by atoms with Crippen molar-refractivity contribution in [3.63, 3.8) is 0 Å². The third kappa shape index (κ3) is 3.39. The van der Waals surface area contributed by atoms with Crippen molar-refractivity contribution in [2.45, 2.75) is 44.8 Å². The van der Waals surface area contributed by atoms with Crippen molar-refractivity contribution in [1.29, 1.82) is 0 Å². The highest BCUT2D eigenvalue weighted by Gasteiger charge is 2.60. The molecule has 3 amide bonds. The molecule has 1 aromatic heterocycles. The summed E-state index contributed by atoms with van der Waals surface area (Å²) in [5.41, 5.74) is 0.256.